The highest BCUT2D eigenvalue weighted by molar-refractivity contribution is 7.99. The van der Waals surface area contributed by atoms with Crippen molar-refractivity contribution in [3.05, 3.63) is 17.7 Å². The molecule has 0 aromatic carbocycles. The minimum absolute atomic E-state index is 0.331. The average molecular weight is 223 g/mol. The SMILES string of the molecule is NC1CCc2nc(C3CCSC3)cn2C1. The molecule has 2 aliphatic rings. The van der Waals surface area contributed by atoms with Crippen molar-refractivity contribution in [1.82, 2.24) is 9.55 Å². The molecule has 0 spiro atoms. The van der Waals surface area contributed by atoms with E-state index in [1.54, 1.807) is 0 Å². The third kappa shape index (κ3) is 1.81. The van der Waals surface area contributed by atoms with Gasteiger partial charge < -0.3 is 10.3 Å². The molecule has 2 unspecified atom stereocenters. The number of rotatable bonds is 1. The predicted molar refractivity (Wildman–Crippen MR) is 63.2 cm³/mol. The fourth-order valence-electron chi connectivity index (χ4n) is 2.46. The molecule has 0 saturated carbocycles. The molecule has 0 bridgehead atoms. The number of nitrogens with zero attached hydrogens (tertiary/aromatic N) is 2. The second-order valence-corrected chi connectivity index (χ2v) is 5.74. The van der Waals surface area contributed by atoms with Crippen LogP contribution in [0.15, 0.2) is 6.20 Å². The highest BCUT2D eigenvalue weighted by Gasteiger charge is 2.23. The molecule has 0 radical (unpaired) electrons. The van der Waals surface area contributed by atoms with Crippen LogP contribution < -0.4 is 5.73 Å². The lowest BCUT2D eigenvalue weighted by Gasteiger charge is -2.19. The first-order valence-electron chi connectivity index (χ1n) is 5.72. The van der Waals surface area contributed by atoms with E-state index in [1.165, 1.54) is 29.4 Å². The summed E-state index contributed by atoms with van der Waals surface area (Å²) in [5.41, 5.74) is 7.27. The van der Waals surface area contributed by atoms with E-state index in [4.69, 9.17) is 10.7 Å². The van der Waals surface area contributed by atoms with Crippen LogP contribution in [0.4, 0.5) is 0 Å². The number of nitrogens with two attached hydrogens (primary N) is 1. The van der Waals surface area contributed by atoms with Crippen molar-refractivity contribution < 1.29 is 0 Å². The van der Waals surface area contributed by atoms with Crippen LogP contribution in [-0.2, 0) is 13.0 Å². The third-order valence-electron chi connectivity index (χ3n) is 3.40. The van der Waals surface area contributed by atoms with Gasteiger partial charge in [0.25, 0.3) is 0 Å². The Balaban J connectivity index is 1.85. The number of thioether (sulfide) groups is 1. The molecule has 0 amide bonds. The van der Waals surface area contributed by atoms with Crippen LogP contribution in [0, 0.1) is 0 Å². The summed E-state index contributed by atoms with van der Waals surface area (Å²) in [6, 6.07) is 0.331. The monoisotopic (exact) mass is 223 g/mol. The topological polar surface area (TPSA) is 43.8 Å². The predicted octanol–water partition coefficient (Wildman–Crippen LogP) is 1.38. The van der Waals surface area contributed by atoms with Gasteiger partial charge in [-0.2, -0.15) is 11.8 Å². The molecular formula is C11H17N3S. The zero-order valence-corrected chi connectivity index (χ0v) is 9.67. The second kappa shape index (κ2) is 3.83. The lowest BCUT2D eigenvalue weighted by molar-refractivity contribution is 0.453. The van der Waals surface area contributed by atoms with Crippen molar-refractivity contribution in [2.75, 3.05) is 11.5 Å². The highest BCUT2D eigenvalue weighted by Crippen LogP contribution is 2.32. The van der Waals surface area contributed by atoms with Crippen LogP contribution >= 0.6 is 11.8 Å². The van der Waals surface area contributed by atoms with Gasteiger partial charge in [0.2, 0.25) is 0 Å². The fraction of sp³-hybridized carbons (Fsp3) is 0.727. The summed E-state index contributed by atoms with van der Waals surface area (Å²) >= 11 is 2.05. The summed E-state index contributed by atoms with van der Waals surface area (Å²) in [7, 11) is 0. The maximum atomic E-state index is 5.96. The average Bonchev–Trinajstić information content (AvgIpc) is 2.84. The minimum Gasteiger partial charge on any atom is -0.333 e. The Morgan fingerprint density at radius 3 is 3.20 bits per heavy atom. The van der Waals surface area contributed by atoms with Gasteiger partial charge in [-0.25, -0.2) is 4.98 Å². The van der Waals surface area contributed by atoms with E-state index in [0.717, 1.165) is 19.4 Å². The lowest BCUT2D eigenvalue weighted by Crippen LogP contribution is -2.31. The van der Waals surface area contributed by atoms with Crippen LogP contribution in [0.2, 0.25) is 0 Å². The lowest BCUT2D eigenvalue weighted by atomic mass is 10.1. The van der Waals surface area contributed by atoms with Gasteiger partial charge in [-0.3, -0.25) is 0 Å². The molecule has 2 aliphatic heterocycles. The number of hydrogen-bond donors (Lipinski definition) is 1. The Morgan fingerprint density at radius 1 is 1.47 bits per heavy atom. The van der Waals surface area contributed by atoms with Gasteiger partial charge in [0.15, 0.2) is 0 Å². The van der Waals surface area contributed by atoms with Crippen LogP contribution in [0.1, 0.15) is 30.3 Å². The van der Waals surface area contributed by atoms with Crippen molar-refractivity contribution in [3.63, 3.8) is 0 Å². The first-order chi connectivity index (χ1) is 7.33. The zero-order valence-electron chi connectivity index (χ0n) is 8.85. The van der Waals surface area contributed by atoms with Crippen molar-refractivity contribution in [2.24, 2.45) is 5.73 Å². The molecule has 15 heavy (non-hydrogen) atoms. The Hall–Kier alpha value is -0.480. The molecular weight excluding hydrogens is 206 g/mol. The van der Waals surface area contributed by atoms with Crippen molar-refractivity contribution in [2.45, 2.75) is 37.8 Å². The number of aryl methyl sites for hydroxylation is 1. The van der Waals surface area contributed by atoms with E-state index in [0.29, 0.717) is 12.0 Å². The van der Waals surface area contributed by atoms with E-state index in [1.807, 2.05) is 11.8 Å². The van der Waals surface area contributed by atoms with Gasteiger partial charge in [0.1, 0.15) is 5.82 Å². The van der Waals surface area contributed by atoms with Gasteiger partial charge in [-0.05, 0) is 18.6 Å². The van der Waals surface area contributed by atoms with E-state index in [9.17, 15) is 0 Å². The van der Waals surface area contributed by atoms with Gasteiger partial charge in [0.05, 0.1) is 5.69 Å². The van der Waals surface area contributed by atoms with E-state index in [-0.39, 0.29) is 0 Å². The quantitative estimate of drug-likeness (QED) is 0.782. The van der Waals surface area contributed by atoms with Crippen LogP contribution in [0.25, 0.3) is 0 Å². The Kier molecular flexibility index (Phi) is 2.48. The Bertz CT molecular complexity index is 355. The summed E-state index contributed by atoms with van der Waals surface area (Å²) in [5.74, 6) is 4.50. The zero-order chi connectivity index (χ0) is 10.3. The van der Waals surface area contributed by atoms with Crippen LogP contribution in [0.3, 0.4) is 0 Å². The summed E-state index contributed by atoms with van der Waals surface area (Å²) in [5, 5.41) is 0. The maximum absolute atomic E-state index is 5.96. The van der Waals surface area contributed by atoms with Gasteiger partial charge >= 0.3 is 0 Å². The first kappa shape index (κ1) is 9.73. The molecule has 4 heteroatoms. The molecule has 2 atom stereocenters. The number of imidazole rings is 1. The molecule has 82 valence electrons. The normalized spacial score (nSPS) is 30.5. The molecule has 3 nitrogen and oxygen atoms in total. The van der Waals surface area contributed by atoms with Crippen molar-refractivity contribution >= 4 is 11.8 Å². The van der Waals surface area contributed by atoms with Crippen LogP contribution in [-0.4, -0.2) is 27.1 Å². The molecule has 3 rings (SSSR count). The summed E-state index contributed by atoms with van der Waals surface area (Å²) in [6.07, 6.45) is 5.69. The molecule has 1 fully saturated rings. The Morgan fingerprint density at radius 2 is 2.40 bits per heavy atom. The molecule has 1 aromatic heterocycles. The molecule has 1 aromatic rings. The summed E-state index contributed by atoms with van der Waals surface area (Å²) < 4.78 is 2.27. The molecule has 2 N–H and O–H groups in total. The largest absolute Gasteiger partial charge is 0.333 e. The molecule has 3 heterocycles. The number of hydrogen-bond acceptors (Lipinski definition) is 3. The third-order valence-corrected chi connectivity index (χ3v) is 4.56. The second-order valence-electron chi connectivity index (χ2n) is 4.59. The van der Waals surface area contributed by atoms with Gasteiger partial charge in [-0.15, -0.1) is 0 Å². The van der Waals surface area contributed by atoms with Crippen molar-refractivity contribution in [1.29, 1.82) is 0 Å². The van der Waals surface area contributed by atoms with Crippen molar-refractivity contribution in [3.8, 4) is 0 Å². The number of aromatic nitrogens is 2. The maximum Gasteiger partial charge on any atom is 0.109 e. The smallest absolute Gasteiger partial charge is 0.109 e. The highest BCUT2D eigenvalue weighted by atomic mass is 32.2. The van der Waals surface area contributed by atoms with E-state index >= 15 is 0 Å². The molecule has 0 aliphatic carbocycles. The van der Waals surface area contributed by atoms with E-state index < -0.39 is 0 Å². The first-order valence-corrected chi connectivity index (χ1v) is 6.87. The van der Waals surface area contributed by atoms with Gasteiger partial charge in [-0.1, -0.05) is 0 Å². The minimum atomic E-state index is 0.331. The summed E-state index contributed by atoms with van der Waals surface area (Å²) in [6.45, 7) is 0.961. The Labute approximate surface area is 94.4 Å². The van der Waals surface area contributed by atoms with Gasteiger partial charge in [0, 0.05) is 36.9 Å². The van der Waals surface area contributed by atoms with E-state index in [2.05, 4.69) is 10.8 Å². The standard InChI is InChI=1S/C11H17N3S/c12-9-1-2-11-13-10(6-14(11)5-9)8-3-4-15-7-8/h6,8-9H,1-5,7,12H2. The van der Waals surface area contributed by atoms with Crippen LogP contribution in [0.5, 0.6) is 0 Å². The fourth-order valence-corrected chi connectivity index (χ4v) is 3.70. The number of fused-ring (bicyclic) bond motifs is 1. The summed E-state index contributed by atoms with van der Waals surface area (Å²) in [4.78, 5) is 4.76. The molecule has 1 saturated heterocycles.